The van der Waals surface area contributed by atoms with Crippen LogP contribution < -0.4 is 16.0 Å². The second kappa shape index (κ2) is 5.61. The fraction of sp³-hybridized carbons (Fsp3) is 0.533. The number of rotatable bonds is 3. The van der Waals surface area contributed by atoms with Crippen LogP contribution in [0.2, 0.25) is 0 Å². The Morgan fingerprint density at radius 2 is 2.00 bits per heavy atom. The highest BCUT2D eigenvalue weighted by Crippen LogP contribution is 2.30. The molecule has 2 rings (SSSR count). The summed E-state index contributed by atoms with van der Waals surface area (Å²) in [6, 6.07) is 6.38. The second-order valence-electron chi connectivity index (χ2n) is 5.34. The van der Waals surface area contributed by atoms with E-state index in [2.05, 4.69) is 49.2 Å². The van der Waals surface area contributed by atoms with Gasteiger partial charge in [-0.15, -0.1) is 0 Å². The van der Waals surface area contributed by atoms with Gasteiger partial charge in [0.2, 0.25) is 5.91 Å². The van der Waals surface area contributed by atoms with Gasteiger partial charge in [-0.25, -0.2) is 0 Å². The number of piperazine rings is 1. The van der Waals surface area contributed by atoms with Crippen molar-refractivity contribution in [1.82, 2.24) is 5.32 Å². The van der Waals surface area contributed by atoms with Crippen LogP contribution in [-0.4, -0.2) is 31.1 Å². The monoisotopic (exact) mass is 261 g/mol. The Labute approximate surface area is 115 Å². The molecule has 0 bridgehead atoms. The Balaban J connectivity index is 2.45. The lowest BCUT2D eigenvalue weighted by Crippen LogP contribution is -2.60. The molecule has 1 amide bonds. The molecule has 4 nitrogen and oxygen atoms in total. The molecule has 1 aromatic carbocycles. The van der Waals surface area contributed by atoms with E-state index < -0.39 is 0 Å². The van der Waals surface area contributed by atoms with Gasteiger partial charge in [0.1, 0.15) is 6.04 Å². The Kier molecular flexibility index (Phi) is 4.10. The van der Waals surface area contributed by atoms with E-state index in [4.69, 9.17) is 5.73 Å². The van der Waals surface area contributed by atoms with E-state index in [1.165, 1.54) is 16.8 Å². The zero-order chi connectivity index (χ0) is 14.0. The first-order chi connectivity index (χ1) is 9.06. The van der Waals surface area contributed by atoms with Crippen LogP contribution in [0.25, 0.3) is 0 Å². The summed E-state index contributed by atoms with van der Waals surface area (Å²) in [6.07, 6.45) is 0.684. The molecule has 0 saturated carbocycles. The highest BCUT2D eigenvalue weighted by atomic mass is 16.2. The third kappa shape index (κ3) is 2.59. The van der Waals surface area contributed by atoms with Crippen molar-refractivity contribution in [2.45, 2.75) is 39.3 Å². The highest BCUT2D eigenvalue weighted by Gasteiger charge is 2.34. The number of hydrogen-bond donors (Lipinski definition) is 2. The summed E-state index contributed by atoms with van der Waals surface area (Å²) < 4.78 is 0. The van der Waals surface area contributed by atoms with Crippen molar-refractivity contribution in [2.75, 3.05) is 18.0 Å². The Bertz CT molecular complexity index is 452. The molecule has 3 N–H and O–H groups in total. The molecule has 19 heavy (non-hydrogen) atoms. The SMILES string of the molecule is Cc1cccc(C)c1N1C(C)CNC(=O)C1CCN. The van der Waals surface area contributed by atoms with Crippen LogP contribution >= 0.6 is 0 Å². The van der Waals surface area contributed by atoms with E-state index in [1.807, 2.05) is 0 Å². The number of para-hydroxylation sites is 1. The smallest absolute Gasteiger partial charge is 0.242 e. The van der Waals surface area contributed by atoms with E-state index in [1.54, 1.807) is 0 Å². The van der Waals surface area contributed by atoms with Crippen molar-refractivity contribution in [1.29, 1.82) is 0 Å². The largest absolute Gasteiger partial charge is 0.355 e. The third-order valence-electron chi connectivity index (χ3n) is 3.82. The molecule has 0 aliphatic carbocycles. The molecule has 4 heteroatoms. The van der Waals surface area contributed by atoms with Gasteiger partial charge in [-0.3, -0.25) is 4.79 Å². The zero-order valence-corrected chi connectivity index (χ0v) is 11.9. The van der Waals surface area contributed by atoms with Crippen LogP contribution in [0.4, 0.5) is 5.69 Å². The standard InChI is InChI=1S/C15H23N3O/c1-10-5-4-6-11(2)14(10)18-12(3)9-17-15(19)13(18)7-8-16/h4-6,12-13H,7-9,16H2,1-3H3,(H,17,19). The first kappa shape index (κ1) is 13.9. The fourth-order valence-corrected chi connectivity index (χ4v) is 2.92. The first-order valence-corrected chi connectivity index (χ1v) is 6.88. The average molecular weight is 261 g/mol. The van der Waals surface area contributed by atoms with Crippen LogP contribution in [0.1, 0.15) is 24.5 Å². The molecule has 1 aliphatic heterocycles. The van der Waals surface area contributed by atoms with Gasteiger partial charge in [-0.1, -0.05) is 18.2 Å². The minimum atomic E-state index is -0.159. The number of hydrogen-bond acceptors (Lipinski definition) is 3. The quantitative estimate of drug-likeness (QED) is 0.863. The molecule has 1 aliphatic rings. The van der Waals surface area contributed by atoms with E-state index in [0.717, 1.165) is 0 Å². The predicted molar refractivity (Wildman–Crippen MR) is 78.3 cm³/mol. The van der Waals surface area contributed by atoms with Gasteiger partial charge in [-0.05, 0) is 44.9 Å². The van der Waals surface area contributed by atoms with Crippen LogP contribution in [0, 0.1) is 13.8 Å². The van der Waals surface area contributed by atoms with Crippen molar-refractivity contribution in [2.24, 2.45) is 5.73 Å². The Morgan fingerprint density at radius 3 is 2.58 bits per heavy atom. The van der Waals surface area contributed by atoms with E-state index in [9.17, 15) is 4.79 Å². The minimum Gasteiger partial charge on any atom is -0.355 e. The predicted octanol–water partition coefficient (Wildman–Crippen LogP) is 1.35. The van der Waals surface area contributed by atoms with Crippen LogP contribution in [0.3, 0.4) is 0 Å². The summed E-state index contributed by atoms with van der Waals surface area (Å²) >= 11 is 0. The van der Waals surface area contributed by atoms with Gasteiger partial charge < -0.3 is 16.0 Å². The molecule has 1 aromatic rings. The van der Waals surface area contributed by atoms with E-state index in [-0.39, 0.29) is 18.0 Å². The summed E-state index contributed by atoms with van der Waals surface area (Å²) in [6.45, 7) is 7.55. The average Bonchev–Trinajstić information content (AvgIpc) is 2.37. The number of nitrogens with two attached hydrogens (primary N) is 1. The maximum atomic E-state index is 12.1. The maximum Gasteiger partial charge on any atom is 0.242 e. The van der Waals surface area contributed by atoms with Crippen molar-refractivity contribution >= 4 is 11.6 Å². The molecule has 104 valence electrons. The molecular formula is C15H23N3O. The van der Waals surface area contributed by atoms with Crippen molar-refractivity contribution < 1.29 is 4.79 Å². The van der Waals surface area contributed by atoms with Crippen LogP contribution in [-0.2, 0) is 4.79 Å². The number of anilines is 1. The lowest BCUT2D eigenvalue weighted by Gasteiger charge is -2.43. The Morgan fingerprint density at radius 1 is 1.37 bits per heavy atom. The lowest BCUT2D eigenvalue weighted by molar-refractivity contribution is -0.123. The van der Waals surface area contributed by atoms with Gasteiger partial charge >= 0.3 is 0 Å². The van der Waals surface area contributed by atoms with E-state index in [0.29, 0.717) is 19.5 Å². The third-order valence-corrected chi connectivity index (χ3v) is 3.82. The zero-order valence-electron chi connectivity index (χ0n) is 11.9. The van der Waals surface area contributed by atoms with E-state index >= 15 is 0 Å². The first-order valence-electron chi connectivity index (χ1n) is 6.88. The van der Waals surface area contributed by atoms with Crippen molar-refractivity contribution in [3.05, 3.63) is 29.3 Å². The number of carbonyl (C=O) groups is 1. The summed E-state index contributed by atoms with van der Waals surface area (Å²) in [7, 11) is 0. The molecule has 0 radical (unpaired) electrons. The molecular weight excluding hydrogens is 238 g/mol. The van der Waals surface area contributed by atoms with Gasteiger partial charge in [-0.2, -0.15) is 0 Å². The normalized spacial score (nSPS) is 23.4. The molecule has 2 unspecified atom stereocenters. The fourth-order valence-electron chi connectivity index (χ4n) is 2.92. The highest BCUT2D eigenvalue weighted by molar-refractivity contribution is 5.87. The second-order valence-corrected chi connectivity index (χ2v) is 5.34. The number of aryl methyl sites for hydroxylation is 2. The number of benzene rings is 1. The molecule has 0 aromatic heterocycles. The number of nitrogens with one attached hydrogen (secondary N) is 1. The molecule has 1 fully saturated rings. The lowest BCUT2D eigenvalue weighted by atomic mass is 9.99. The van der Waals surface area contributed by atoms with Crippen molar-refractivity contribution in [3.8, 4) is 0 Å². The van der Waals surface area contributed by atoms with Crippen LogP contribution in [0.5, 0.6) is 0 Å². The summed E-state index contributed by atoms with van der Waals surface area (Å²) in [5, 5.41) is 2.97. The molecule has 1 saturated heterocycles. The van der Waals surface area contributed by atoms with Gasteiger partial charge in [0, 0.05) is 18.3 Å². The summed E-state index contributed by atoms with van der Waals surface area (Å²) in [5.74, 6) is 0.0891. The van der Waals surface area contributed by atoms with Crippen LogP contribution in [0.15, 0.2) is 18.2 Å². The minimum absolute atomic E-state index is 0.0891. The molecule has 1 heterocycles. The summed E-state index contributed by atoms with van der Waals surface area (Å²) in [5.41, 5.74) is 9.28. The van der Waals surface area contributed by atoms with Gasteiger partial charge in [0.05, 0.1) is 0 Å². The number of amides is 1. The topological polar surface area (TPSA) is 58.4 Å². The van der Waals surface area contributed by atoms with Crippen molar-refractivity contribution in [3.63, 3.8) is 0 Å². The van der Waals surface area contributed by atoms with Gasteiger partial charge in [0.25, 0.3) is 0 Å². The maximum absolute atomic E-state index is 12.1. The Hall–Kier alpha value is -1.55. The number of carbonyl (C=O) groups excluding carboxylic acids is 1. The molecule has 0 spiro atoms. The van der Waals surface area contributed by atoms with Gasteiger partial charge in [0.15, 0.2) is 0 Å². The molecule has 2 atom stereocenters. The summed E-state index contributed by atoms with van der Waals surface area (Å²) in [4.78, 5) is 14.4. The number of nitrogens with zero attached hydrogens (tertiary/aromatic N) is 1.